The first-order chi connectivity index (χ1) is 8.23. The van der Waals surface area contributed by atoms with Gasteiger partial charge < -0.3 is 21.3 Å². The topological polar surface area (TPSA) is 130 Å². The number of carboxylic acids is 2. The van der Waals surface area contributed by atoms with E-state index in [0.29, 0.717) is 6.42 Å². The molecule has 104 valence electrons. The fourth-order valence-electron chi connectivity index (χ4n) is 1.38. The van der Waals surface area contributed by atoms with Crippen LogP contribution in [0.3, 0.4) is 0 Å². The van der Waals surface area contributed by atoms with E-state index in [0.717, 1.165) is 0 Å². The van der Waals surface area contributed by atoms with E-state index in [9.17, 15) is 14.4 Å². The van der Waals surface area contributed by atoms with Crippen LogP contribution in [0.1, 0.15) is 33.1 Å². The van der Waals surface area contributed by atoms with E-state index < -0.39 is 29.9 Å². The molecule has 0 aliphatic rings. The molecule has 2 atom stereocenters. The summed E-state index contributed by atoms with van der Waals surface area (Å²) in [6.45, 7) is 3.68. The highest BCUT2D eigenvalue weighted by Crippen LogP contribution is 2.05. The quantitative estimate of drug-likeness (QED) is 0.478. The smallest absolute Gasteiger partial charge is 0.326 e. The summed E-state index contributed by atoms with van der Waals surface area (Å²) < 4.78 is 0. The van der Waals surface area contributed by atoms with Crippen molar-refractivity contribution in [1.82, 2.24) is 5.32 Å². The van der Waals surface area contributed by atoms with Gasteiger partial charge in [0.05, 0.1) is 6.04 Å². The average Bonchev–Trinajstić information content (AvgIpc) is 2.23. The molecule has 1 unspecified atom stereocenters. The molecule has 7 heteroatoms. The zero-order valence-electron chi connectivity index (χ0n) is 10.5. The minimum Gasteiger partial charge on any atom is -0.481 e. The van der Waals surface area contributed by atoms with Crippen LogP contribution in [0.15, 0.2) is 0 Å². The summed E-state index contributed by atoms with van der Waals surface area (Å²) in [6, 6.07) is -2.00. The Morgan fingerprint density at radius 3 is 2.17 bits per heavy atom. The van der Waals surface area contributed by atoms with Crippen molar-refractivity contribution < 1.29 is 24.6 Å². The summed E-state index contributed by atoms with van der Waals surface area (Å²) in [5.74, 6) is -2.69. The summed E-state index contributed by atoms with van der Waals surface area (Å²) >= 11 is 0. The van der Waals surface area contributed by atoms with Crippen molar-refractivity contribution in [2.75, 3.05) is 0 Å². The predicted octanol–water partition coefficient (Wildman–Crippen LogP) is -0.206. The van der Waals surface area contributed by atoms with Crippen LogP contribution in [0, 0.1) is 5.92 Å². The van der Waals surface area contributed by atoms with Gasteiger partial charge in [-0.15, -0.1) is 0 Å². The Bertz CT molecular complexity index is 317. The maximum absolute atomic E-state index is 11.6. The van der Waals surface area contributed by atoms with Crippen LogP contribution in [-0.2, 0) is 14.4 Å². The van der Waals surface area contributed by atoms with Crippen LogP contribution in [0.2, 0.25) is 0 Å². The van der Waals surface area contributed by atoms with E-state index in [1.54, 1.807) is 0 Å². The first-order valence-electron chi connectivity index (χ1n) is 5.74. The molecule has 7 nitrogen and oxygen atoms in total. The Morgan fingerprint density at radius 1 is 1.22 bits per heavy atom. The maximum atomic E-state index is 11.6. The Hall–Kier alpha value is -1.63. The van der Waals surface area contributed by atoms with Crippen LogP contribution in [0.4, 0.5) is 0 Å². The van der Waals surface area contributed by atoms with Gasteiger partial charge in [-0.2, -0.15) is 0 Å². The standard InChI is InChI=1S/C11H20N2O5/c1-6(2)5-8(11(17)18)13-10(16)7(12)3-4-9(14)15/h6-8H,3-5,12H2,1-2H3,(H,13,16)(H,14,15)(H,17,18)/t7?,8-/m0/s1. The molecule has 0 bridgehead atoms. The number of rotatable bonds is 8. The summed E-state index contributed by atoms with van der Waals surface area (Å²) in [6.07, 6.45) is 0.0540. The number of aliphatic carboxylic acids is 2. The molecule has 0 saturated carbocycles. The number of amides is 1. The lowest BCUT2D eigenvalue weighted by atomic mass is 10.0. The Balaban J connectivity index is 4.31. The summed E-state index contributed by atoms with van der Waals surface area (Å²) in [7, 11) is 0. The van der Waals surface area contributed by atoms with Gasteiger partial charge in [-0.25, -0.2) is 4.79 Å². The largest absolute Gasteiger partial charge is 0.481 e. The molecule has 0 radical (unpaired) electrons. The van der Waals surface area contributed by atoms with Gasteiger partial charge in [-0.05, 0) is 18.8 Å². The lowest BCUT2D eigenvalue weighted by molar-refractivity contribution is -0.143. The highest BCUT2D eigenvalue weighted by atomic mass is 16.4. The molecule has 0 aromatic rings. The third kappa shape index (κ3) is 6.85. The van der Waals surface area contributed by atoms with Gasteiger partial charge in [0, 0.05) is 6.42 Å². The Morgan fingerprint density at radius 2 is 1.78 bits per heavy atom. The van der Waals surface area contributed by atoms with Gasteiger partial charge in [-0.3, -0.25) is 9.59 Å². The lowest BCUT2D eigenvalue weighted by Gasteiger charge is -2.18. The van der Waals surface area contributed by atoms with Gasteiger partial charge in [0.15, 0.2) is 0 Å². The predicted molar refractivity (Wildman–Crippen MR) is 63.9 cm³/mol. The van der Waals surface area contributed by atoms with Gasteiger partial charge >= 0.3 is 11.9 Å². The van der Waals surface area contributed by atoms with E-state index in [1.165, 1.54) is 0 Å². The van der Waals surface area contributed by atoms with Crippen molar-refractivity contribution in [2.45, 2.75) is 45.2 Å². The minimum absolute atomic E-state index is 0.0187. The molecule has 0 aromatic heterocycles. The summed E-state index contributed by atoms with van der Waals surface area (Å²) in [5, 5.41) is 19.7. The van der Waals surface area contributed by atoms with E-state index in [2.05, 4.69) is 5.32 Å². The Labute approximate surface area is 105 Å². The van der Waals surface area contributed by atoms with Gasteiger partial charge in [0.1, 0.15) is 6.04 Å². The van der Waals surface area contributed by atoms with Crippen LogP contribution >= 0.6 is 0 Å². The van der Waals surface area contributed by atoms with Crippen molar-refractivity contribution in [3.63, 3.8) is 0 Å². The second kappa shape index (κ2) is 7.65. The second-order valence-corrected chi connectivity index (χ2v) is 4.57. The first kappa shape index (κ1) is 16.4. The fourth-order valence-corrected chi connectivity index (χ4v) is 1.38. The van der Waals surface area contributed by atoms with Crippen molar-refractivity contribution >= 4 is 17.8 Å². The number of hydrogen-bond donors (Lipinski definition) is 4. The van der Waals surface area contributed by atoms with Gasteiger partial charge in [0.2, 0.25) is 5.91 Å². The molecule has 0 saturated heterocycles. The third-order valence-electron chi connectivity index (χ3n) is 2.33. The molecule has 1 amide bonds. The summed E-state index contributed by atoms with van der Waals surface area (Å²) in [5.41, 5.74) is 5.48. The number of carboxylic acid groups (broad SMARTS) is 2. The normalized spacial score (nSPS) is 14.0. The number of hydrogen-bond acceptors (Lipinski definition) is 4. The lowest BCUT2D eigenvalue weighted by Crippen LogP contribution is -2.49. The van der Waals surface area contributed by atoms with Crippen LogP contribution in [0.5, 0.6) is 0 Å². The Kier molecular flexibility index (Phi) is 6.96. The zero-order chi connectivity index (χ0) is 14.3. The highest BCUT2D eigenvalue weighted by Gasteiger charge is 2.24. The minimum atomic E-state index is -1.12. The molecule has 0 fully saturated rings. The molecule has 0 aliphatic carbocycles. The molecular weight excluding hydrogens is 240 g/mol. The van der Waals surface area contributed by atoms with Crippen molar-refractivity contribution in [1.29, 1.82) is 0 Å². The van der Waals surface area contributed by atoms with Crippen LogP contribution in [0.25, 0.3) is 0 Å². The van der Waals surface area contributed by atoms with Crippen molar-refractivity contribution in [2.24, 2.45) is 11.7 Å². The molecule has 0 rings (SSSR count). The molecule has 0 aromatic carbocycles. The average molecular weight is 260 g/mol. The zero-order valence-corrected chi connectivity index (χ0v) is 10.5. The SMILES string of the molecule is CC(C)C[C@H](NC(=O)C(N)CCC(=O)O)C(=O)O. The highest BCUT2D eigenvalue weighted by molar-refractivity contribution is 5.87. The van der Waals surface area contributed by atoms with E-state index in [4.69, 9.17) is 15.9 Å². The fraction of sp³-hybridized carbons (Fsp3) is 0.727. The second-order valence-electron chi connectivity index (χ2n) is 4.57. The third-order valence-corrected chi connectivity index (χ3v) is 2.33. The molecule has 5 N–H and O–H groups in total. The van der Waals surface area contributed by atoms with Crippen LogP contribution < -0.4 is 11.1 Å². The molecule has 0 spiro atoms. The number of nitrogens with two attached hydrogens (primary N) is 1. The first-order valence-corrected chi connectivity index (χ1v) is 5.74. The molecule has 0 heterocycles. The monoisotopic (exact) mass is 260 g/mol. The van der Waals surface area contributed by atoms with Crippen molar-refractivity contribution in [3.8, 4) is 0 Å². The van der Waals surface area contributed by atoms with Crippen LogP contribution in [-0.4, -0.2) is 40.1 Å². The van der Waals surface area contributed by atoms with Gasteiger partial charge in [-0.1, -0.05) is 13.8 Å². The molecular formula is C11H20N2O5. The van der Waals surface area contributed by atoms with Gasteiger partial charge in [0.25, 0.3) is 0 Å². The van der Waals surface area contributed by atoms with E-state index >= 15 is 0 Å². The maximum Gasteiger partial charge on any atom is 0.326 e. The number of carbonyl (C=O) groups is 3. The van der Waals surface area contributed by atoms with Crippen molar-refractivity contribution in [3.05, 3.63) is 0 Å². The molecule has 18 heavy (non-hydrogen) atoms. The number of carbonyl (C=O) groups excluding carboxylic acids is 1. The van der Waals surface area contributed by atoms with E-state index in [-0.39, 0.29) is 18.8 Å². The molecule has 0 aliphatic heterocycles. The number of nitrogens with one attached hydrogen (secondary N) is 1. The summed E-state index contributed by atoms with van der Waals surface area (Å²) in [4.78, 5) is 32.8. The van der Waals surface area contributed by atoms with E-state index in [1.807, 2.05) is 13.8 Å².